The molecule has 35 heavy (non-hydrogen) atoms. The van der Waals surface area contributed by atoms with Crippen LogP contribution in [0.15, 0.2) is 53.4 Å². The topological polar surface area (TPSA) is 122 Å². The Labute approximate surface area is 208 Å². The summed E-state index contributed by atoms with van der Waals surface area (Å²) in [5.41, 5.74) is 14.6. The zero-order valence-electron chi connectivity index (χ0n) is 20.4. The van der Waals surface area contributed by atoms with Gasteiger partial charge in [-0.2, -0.15) is 4.31 Å². The fraction of sp³-hybridized carbons (Fsp3) is 0.500. The number of sulfonamides is 1. The van der Waals surface area contributed by atoms with Gasteiger partial charge in [-0.3, -0.25) is 4.79 Å². The molecule has 190 valence electrons. The molecule has 1 saturated heterocycles. The van der Waals surface area contributed by atoms with Crippen LogP contribution in [0.1, 0.15) is 37.7 Å². The number of benzene rings is 2. The van der Waals surface area contributed by atoms with Gasteiger partial charge in [0.05, 0.1) is 16.6 Å². The quantitative estimate of drug-likeness (QED) is 0.500. The molecule has 2 aliphatic rings. The van der Waals surface area contributed by atoms with E-state index < -0.39 is 21.7 Å². The van der Waals surface area contributed by atoms with E-state index in [0.29, 0.717) is 37.2 Å². The molecular formula is C26H37N5O3S. The molecule has 0 bridgehead atoms. The number of nitrogens with one attached hydrogen (secondary N) is 1. The number of carbonyl (C=O) groups is 1. The second-order valence-corrected chi connectivity index (χ2v) is 11.9. The summed E-state index contributed by atoms with van der Waals surface area (Å²) in [4.78, 5) is 15.1. The number of amides is 1. The largest absolute Gasteiger partial charge is 0.339 e. The zero-order valence-corrected chi connectivity index (χ0v) is 21.3. The minimum Gasteiger partial charge on any atom is -0.339 e. The van der Waals surface area contributed by atoms with Crippen molar-refractivity contribution in [1.29, 1.82) is 0 Å². The summed E-state index contributed by atoms with van der Waals surface area (Å²) < 4.78 is 27.4. The lowest BCUT2D eigenvalue weighted by Gasteiger charge is -2.33. The van der Waals surface area contributed by atoms with Crippen LogP contribution in [0.25, 0.3) is 11.1 Å². The zero-order chi connectivity index (χ0) is 25.1. The van der Waals surface area contributed by atoms with Gasteiger partial charge in [-0.25, -0.2) is 8.42 Å². The van der Waals surface area contributed by atoms with Crippen molar-refractivity contribution in [2.45, 2.75) is 55.1 Å². The predicted octanol–water partition coefficient (Wildman–Crippen LogP) is 1.89. The van der Waals surface area contributed by atoms with E-state index in [9.17, 15) is 13.2 Å². The summed E-state index contributed by atoms with van der Waals surface area (Å²) in [7, 11) is -1.48. The van der Waals surface area contributed by atoms with Crippen molar-refractivity contribution in [1.82, 2.24) is 14.5 Å². The van der Waals surface area contributed by atoms with E-state index in [-0.39, 0.29) is 5.91 Å². The Morgan fingerprint density at radius 3 is 2.06 bits per heavy atom. The average Bonchev–Trinajstić information content (AvgIpc) is 2.85. The monoisotopic (exact) mass is 499 g/mol. The van der Waals surface area contributed by atoms with Crippen molar-refractivity contribution in [2.75, 3.05) is 33.2 Å². The van der Waals surface area contributed by atoms with Gasteiger partial charge in [-0.15, -0.1) is 0 Å². The normalized spacial score (nSPS) is 20.3. The first kappa shape index (κ1) is 25.8. The maximum Gasteiger partial charge on any atom is 0.243 e. The van der Waals surface area contributed by atoms with Crippen LogP contribution in [0.5, 0.6) is 0 Å². The van der Waals surface area contributed by atoms with Gasteiger partial charge in [0.15, 0.2) is 0 Å². The van der Waals surface area contributed by atoms with E-state index in [2.05, 4.69) is 10.2 Å². The fourth-order valence-electron chi connectivity index (χ4n) is 4.86. The van der Waals surface area contributed by atoms with E-state index in [4.69, 9.17) is 11.5 Å². The maximum absolute atomic E-state index is 12.9. The van der Waals surface area contributed by atoms with Crippen LogP contribution in [0.2, 0.25) is 0 Å². The highest BCUT2D eigenvalue weighted by Crippen LogP contribution is 2.27. The van der Waals surface area contributed by atoms with Crippen molar-refractivity contribution in [3.8, 4) is 11.1 Å². The molecule has 0 radical (unpaired) electrons. The summed E-state index contributed by atoms with van der Waals surface area (Å²) in [5, 5.41) is 2.88. The van der Waals surface area contributed by atoms with Gasteiger partial charge in [-0.05, 0) is 48.7 Å². The Morgan fingerprint density at radius 1 is 0.943 bits per heavy atom. The number of likely N-dealkylation sites (N-methyl/N-ethyl adjacent to an activating group) is 1. The molecule has 1 atom stereocenters. The van der Waals surface area contributed by atoms with E-state index in [1.165, 1.54) is 0 Å². The van der Waals surface area contributed by atoms with Crippen LogP contribution in [-0.4, -0.2) is 68.5 Å². The maximum atomic E-state index is 12.9. The van der Waals surface area contributed by atoms with Gasteiger partial charge >= 0.3 is 0 Å². The highest BCUT2D eigenvalue weighted by atomic mass is 32.2. The fourth-order valence-corrected chi connectivity index (χ4v) is 6.28. The molecule has 1 aliphatic carbocycles. The first-order valence-corrected chi connectivity index (χ1v) is 13.8. The number of nitrogens with two attached hydrogens (primary N) is 2. The number of nitrogens with zero attached hydrogens (tertiary/aromatic N) is 2. The van der Waals surface area contributed by atoms with Crippen LogP contribution in [-0.2, 0) is 21.2 Å². The van der Waals surface area contributed by atoms with Crippen molar-refractivity contribution >= 4 is 15.9 Å². The first-order chi connectivity index (χ1) is 16.7. The first-order valence-electron chi connectivity index (χ1n) is 12.4. The average molecular weight is 500 g/mol. The molecule has 5 N–H and O–H groups in total. The Balaban J connectivity index is 1.35. The van der Waals surface area contributed by atoms with Crippen molar-refractivity contribution in [3.05, 3.63) is 54.1 Å². The SMILES string of the molecule is CN1CCN(S(=O)(=O)c2ccc(-c3ccc(C[C@H](N)NC(=O)C4(N)CCCCC4)cc3)cc2)CC1. The van der Waals surface area contributed by atoms with Gasteiger partial charge < -0.3 is 21.7 Å². The lowest BCUT2D eigenvalue weighted by atomic mass is 9.82. The molecule has 1 heterocycles. The van der Waals surface area contributed by atoms with Gasteiger partial charge in [0.2, 0.25) is 15.9 Å². The summed E-state index contributed by atoms with van der Waals surface area (Å²) in [6.45, 7) is 2.50. The predicted molar refractivity (Wildman–Crippen MR) is 138 cm³/mol. The number of piperazine rings is 1. The summed E-state index contributed by atoms with van der Waals surface area (Å²) in [5.74, 6) is -0.159. The molecule has 2 aromatic rings. The Hall–Kier alpha value is -2.30. The highest BCUT2D eigenvalue weighted by Gasteiger charge is 2.35. The third kappa shape index (κ3) is 6.10. The van der Waals surface area contributed by atoms with Crippen molar-refractivity contribution < 1.29 is 13.2 Å². The van der Waals surface area contributed by atoms with E-state index >= 15 is 0 Å². The molecule has 2 fully saturated rings. The molecule has 8 nitrogen and oxygen atoms in total. The van der Waals surface area contributed by atoms with Crippen LogP contribution >= 0.6 is 0 Å². The van der Waals surface area contributed by atoms with Crippen LogP contribution in [0, 0.1) is 0 Å². The van der Waals surface area contributed by atoms with E-state index in [1.807, 2.05) is 43.4 Å². The lowest BCUT2D eigenvalue weighted by molar-refractivity contribution is -0.128. The number of rotatable bonds is 7. The van der Waals surface area contributed by atoms with Crippen LogP contribution < -0.4 is 16.8 Å². The summed E-state index contributed by atoms with van der Waals surface area (Å²) in [6.07, 6.45) is 4.48. The molecule has 0 spiro atoms. The molecule has 1 aliphatic heterocycles. The van der Waals surface area contributed by atoms with Gasteiger partial charge in [-0.1, -0.05) is 55.7 Å². The number of carbonyl (C=O) groups excluding carboxylic acids is 1. The number of hydrogen-bond acceptors (Lipinski definition) is 6. The minimum atomic E-state index is -3.48. The molecule has 1 amide bonds. The van der Waals surface area contributed by atoms with E-state index in [0.717, 1.165) is 49.0 Å². The van der Waals surface area contributed by atoms with Gasteiger partial charge in [0.1, 0.15) is 0 Å². The Morgan fingerprint density at radius 2 is 1.49 bits per heavy atom. The second kappa shape index (κ2) is 10.8. The molecule has 9 heteroatoms. The second-order valence-electron chi connectivity index (χ2n) is 9.93. The van der Waals surface area contributed by atoms with E-state index in [1.54, 1.807) is 16.4 Å². The van der Waals surface area contributed by atoms with Crippen LogP contribution in [0.3, 0.4) is 0 Å². The third-order valence-electron chi connectivity index (χ3n) is 7.21. The van der Waals surface area contributed by atoms with Crippen molar-refractivity contribution in [3.63, 3.8) is 0 Å². The molecule has 0 aromatic heterocycles. The molecule has 1 saturated carbocycles. The Kier molecular flexibility index (Phi) is 7.92. The van der Waals surface area contributed by atoms with Gasteiger partial charge in [0.25, 0.3) is 0 Å². The van der Waals surface area contributed by atoms with Crippen molar-refractivity contribution in [2.24, 2.45) is 11.5 Å². The smallest absolute Gasteiger partial charge is 0.243 e. The molecule has 2 aromatic carbocycles. The molecule has 0 unspecified atom stereocenters. The summed E-state index contributed by atoms with van der Waals surface area (Å²) >= 11 is 0. The summed E-state index contributed by atoms with van der Waals surface area (Å²) in [6, 6.07) is 15.0. The Bertz CT molecular complexity index is 1100. The highest BCUT2D eigenvalue weighted by molar-refractivity contribution is 7.89. The molecule has 4 rings (SSSR count). The standard InChI is InChI=1S/C26H37N5O3S/c1-30-15-17-31(18-16-30)35(33,34)23-11-9-22(10-12-23)21-7-5-20(6-8-21)19-24(27)29-25(32)26(28)13-3-2-4-14-26/h5-12,24H,2-4,13-19,27-28H2,1H3,(H,29,32)/t24-/m1/s1. The lowest BCUT2D eigenvalue weighted by Crippen LogP contribution is -2.59. The van der Waals surface area contributed by atoms with Crippen LogP contribution in [0.4, 0.5) is 0 Å². The van der Waals surface area contributed by atoms with Gasteiger partial charge in [0, 0.05) is 32.6 Å². The molecular weight excluding hydrogens is 462 g/mol. The third-order valence-corrected chi connectivity index (χ3v) is 9.12. The minimum absolute atomic E-state index is 0.159. The number of hydrogen-bond donors (Lipinski definition) is 3.